The Morgan fingerprint density at radius 1 is 1.05 bits per heavy atom. The lowest BCUT2D eigenvalue weighted by Gasteiger charge is -2.32. The monoisotopic (exact) mass is 333 g/mol. The molecule has 0 saturated heterocycles. The van der Waals surface area contributed by atoms with Crippen molar-refractivity contribution in [3.05, 3.63) is 69.2 Å². The number of rotatable bonds is 2. The van der Waals surface area contributed by atoms with Crippen LogP contribution in [0.5, 0.6) is 0 Å². The molecule has 0 spiro atoms. The van der Waals surface area contributed by atoms with Gasteiger partial charge in [0.1, 0.15) is 0 Å². The highest BCUT2D eigenvalue weighted by Gasteiger charge is 2.28. The standard InChI is InChI=1S/C18H17Cl2NO/c1-11(22)21-18-9-7-13(14-4-2-3-5-15(14)18)12-6-8-16(19)17(20)10-12/h2-6,8,10,13,18H,7,9H2,1H3,(H,21,22)/t13-,18+/m0/s1. The molecule has 22 heavy (non-hydrogen) atoms. The summed E-state index contributed by atoms with van der Waals surface area (Å²) >= 11 is 12.2. The molecule has 1 N–H and O–H groups in total. The minimum atomic E-state index is 0.00721. The number of amides is 1. The first-order valence-electron chi connectivity index (χ1n) is 7.37. The molecule has 4 heteroatoms. The third-order valence-corrected chi connectivity index (χ3v) is 4.95. The van der Waals surface area contributed by atoms with Gasteiger partial charge in [0.15, 0.2) is 0 Å². The Morgan fingerprint density at radius 2 is 1.77 bits per heavy atom. The maximum atomic E-state index is 11.4. The minimum absolute atomic E-state index is 0.00721. The number of benzene rings is 2. The Labute approximate surface area is 140 Å². The number of hydrogen-bond donors (Lipinski definition) is 1. The van der Waals surface area contributed by atoms with Crippen molar-refractivity contribution in [3.63, 3.8) is 0 Å². The fraction of sp³-hybridized carbons (Fsp3) is 0.278. The Kier molecular flexibility index (Phi) is 4.42. The first kappa shape index (κ1) is 15.4. The molecule has 3 rings (SSSR count). The highest BCUT2D eigenvalue weighted by Crippen LogP contribution is 2.42. The summed E-state index contributed by atoms with van der Waals surface area (Å²) in [6.07, 6.45) is 1.89. The highest BCUT2D eigenvalue weighted by atomic mass is 35.5. The van der Waals surface area contributed by atoms with E-state index in [1.165, 1.54) is 16.7 Å². The molecule has 2 aromatic carbocycles. The zero-order valence-electron chi connectivity index (χ0n) is 12.3. The van der Waals surface area contributed by atoms with Crippen LogP contribution in [0.4, 0.5) is 0 Å². The number of halogens is 2. The van der Waals surface area contributed by atoms with Gasteiger partial charge in [-0.25, -0.2) is 0 Å². The van der Waals surface area contributed by atoms with Gasteiger partial charge in [0, 0.05) is 12.8 Å². The van der Waals surface area contributed by atoms with Gasteiger partial charge in [-0.2, -0.15) is 0 Å². The number of nitrogens with one attached hydrogen (secondary N) is 1. The van der Waals surface area contributed by atoms with Crippen molar-refractivity contribution in [2.75, 3.05) is 0 Å². The van der Waals surface area contributed by atoms with Crippen molar-refractivity contribution >= 4 is 29.1 Å². The van der Waals surface area contributed by atoms with E-state index >= 15 is 0 Å². The molecule has 0 heterocycles. The molecule has 0 unspecified atom stereocenters. The van der Waals surface area contributed by atoms with Gasteiger partial charge in [-0.3, -0.25) is 4.79 Å². The summed E-state index contributed by atoms with van der Waals surface area (Å²) in [7, 11) is 0. The van der Waals surface area contributed by atoms with Crippen LogP contribution >= 0.6 is 23.2 Å². The van der Waals surface area contributed by atoms with Crippen molar-refractivity contribution in [3.8, 4) is 0 Å². The van der Waals surface area contributed by atoms with E-state index in [0.717, 1.165) is 12.8 Å². The zero-order valence-corrected chi connectivity index (χ0v) is 13.8. The molecule has 0 aliphatic heterocycles. The van der Waals surface area contributed by atoms with Gasteiger partial charge in [0.2, 0.25) is 5.91 Å². The number of hydrogen-bond acceptors (Lipinski definition) is 1. The van der Waals surface area contributed by atoms with Crippen molar-refractivity contribution in [2.45, 2.75) is 31.7 Å². The van der Waals surface area contributed by atoms with E-state index < -0.39 is 0 Å². The minimum Gasteiger partial charge on any atom is -0.350 e. The molecule has 1 aliphatic carbocycles. The van der Waals surface area contributed by atoms with E-state index in [-0.39, 0.29) is 17.9 Å². The molecule has 1 amide bonds. The number of carbonyl (C=O) groups excluding carboxylic acids is 1. The second-order valence-corrected chi connectivity index (χ2v) is 6.50. The molecule has 0 aromatic heterocycles. The van der Waals surface area contributed by atoms with Crippen LogP contribution in [0.15, 0.2) is 42.5 Å². The molecule has 1 aliphatic rings. The Hall–Kier alpha value is -1.51. The van der Waals surface area contributed by atoms with Crippen LogP contribution in [0.3, 0.4) is 0 Å². The highest BCUT2D eigenvalue weighted by molar-refractivity contribution is 6.42. The van der Waals surface area contributed by atoms with E-state index in [1.807, 2.05) is 30.3 Å². The van der Waals surface area contributed by atoms with Gasteiger partial charge in [-0.15, -0.1) is 0 Å². The molecular weight excluding hydrogens is 317 g/mol. The number of fused-ring (bicyclic) bond motifs is 1. The fourth-order valence-corrected chi connectivity index (χ4v) is 3.57. The molecule has 0 bridgehead atoms. The largest absolute Gasteiger partial charge is 0.350 e. The Morgan fingerprint density at radius 3 is 2.45 bits per heavy atom. The van der Waals surface area contributed by atoms with Gasteiger partial charge >= 0.3 is 0 Å². The van der Waals surface area contributed by atoms with Gasteiger partial charge in [0.05, 0.1) is 16.1 Å². The van der Waals surface area contributed by atoms with Crippen molar-refractivity contribution in [1.82, 2.24) is 5.32 Å². The van der Waals surface area contributed by atoms with E-state index in [1.54, 1.807) is 6.92 Å². The lowest BCUT2D eigenvalue weighted by Crippen LogP contribution is -2.30. The summed E-state index contributed by atoms with van der Waals surface area (Å²) in [5.74, 6) is 0.295. The van der Waals surface area contributed by atoms with Crippen LogP contribution in [0.2, 0.25) is 10.0 Å². The van der Waals surface area contributed by atoms with Crippen LogP contribution in [0.25, 0.3) is 0 Å². The van der Waals surface area contributed by atoms with E-state index in [2.05, 4.69) is 17.4 Å². The van der Waals surface area contributed by atoms with E-state index in [4.69, 9.17) is 23.2 Å². The quantitative estimate of drug-likeness (QED) is 0.814. The molecule has 0 fully saturated rings. The predicted octanol–water partition coefficient (Wildman–Crippen LogP) is 5.10. The third kappa shape index (κ3) is 2.99. The Balaban J connectivity index is 2.00. The normalized spacial score (nSPS) is 20.3. The Bertz CT molecular complexity index is 714. The summed E-state index contributed by atoms with van der Waals surface area (Å²) in [4.78, 5) is 11.4. The SMILES string of the molecule is CC(=O)N[C@@H]1CC[C@@H](c2ccc(Cl)c(Cl)c2)c2ccccc21. The molecule has 0 radical (unpaired) electrons. The number of carbonyl (C=O) groups is 1. The van der Waals surface area contributed by atoms with Crippen LogP contribution in [-0.2, 0) is 4.79 Å². The lowest BCUT2D eigenvalue weighted by atomic mass is 9.77. The first-order chi connectivity index (χ1) is 10.6. The van der Waals surface area contributed by atoms with Crippen molar-refractivity contribution in [1.29, 1.82) is 0 Å². The third-order valence-electron chi connectivity index (χ3n) is 4.21. The fourth-order valence-electron chi connectivity index (χ4n) is 3.26. The molecular formula is C18H17Cl2NO. The van der Waals surface area contributed by atoms with Crippen LogP contribution in [-0.4, -0.2) is 5.91 Å². The predicted molar refractivity (Wildman–Crippen MR) is 90.5 cm³/mol. The van der Waals surface area contributed by atoms with E-state index in [0.29, 0.717) is 10.0 Å². The first-order valence-corrected chi connectivity index (χ1v) is 8.12. The van der Waals surface area contributed by atoms with E-state index in [9.17, 15) is 4.79 Å². The molecule has 0 saturated carbocycles. The molecule has 2 nitrogen and oxygen atoms in total. The summed E-state index contributed by atoms with van der Waals surface area (Å²) in [6.45, 7) is 1.56. The lowest BCUT2D eigenvalue weighted by molar-refractivity contribution is -0.119. The smallest absolute Gasteiger partial charge is 0.217 e. The molecule has 2 aromatic rings. The summed E-state index contributed by atoms with van der Waals surface area (Å²) in [5, 5.41) is 4.20. The second-order valence-electron chi connectivity index (χ2n) is 5.69. The van der Waals surface area contributed by atoms with Gasteiger partial charge in [-0.1, -0.05) is 53.5 Å². The maximum Gasteiger partial charge on any atom is 0.217 e. The van der Waals surface area contributed by atoms with Gasteiger partial charge < -0.3 is 5.32 Å². The molecule has 114 valence electrons. The maximum absolute atomic E-state index is 11.4. The van der Waals surface area contributed by atoms with Crippen molar-refractivity contribution < 1.29 is 4.79 Å². The van der Waals surface area contributed by atoms with Gasteiger partial charge in [0.25, 0.3) is 0 Å². The topological polar surface area (TPSA) is 29.1 Å². The van der Waals surface area contributed by atoms with Crippen LogP contribution in [0.1, 0.15) is 48.4 Å². The van der Waals surface area contributed by atoms with Crippen LogP contribution < -0.4 is 5.32 Å². The zero-order chi connectivity index (χ0) is 15.7. The molecule has 2 atom stereocenters. The van der Waals surface area contributed by atoms with Crippen molar-refractivity contribution in [2.24, 2.45) is 0 Å². The average molecular weight is 334 g/mol. The summed E-state index contributed by atoms with van der Waals surface area (Å²) in [6, 6.07) is 14.2. The summed E-state index contributed by atoms with van der Waals surface area (Å²) in [5.41, 5.74) is 3.62. The summed E-state index contributed by atoms with van der Waals surface area (Å²) < 4.78 is 0. The van der Waals surface area contributed by atoms with Crippen LogP contribution in [0, 0.1) is 0 Å². The second kappa shape index (κ2) is 6.31. The van der Waals surface area contributed by atoms with Gasteiger partial charge in [-0.05, 0) is 41.7 Å². The average Bonchev–Trinajstić information content (AvgIpc) is 2.50.